The number of hydrogen-bond donors (Lipinski definition) is 0. The van der Waals surface area contributed by atoms with Crippen molar-refractivity contribution in [1.82, 2.24) is 9.80 Å². The fourth-order valence-corrected chi connectivity index (χ4v) is 5.16. The van der Waals surface area contributed by atoms with Crippen LogP contribution in [0.3, 0.4) is 0 Å². The van der Waals surface area contributed by atoms with Gasteiger partial charge in [0.05, 0.1) is 43.9 Å². The van der Waals surface area contributed by atoms with E-state index >= 15 is 0 Å². The topological polar surface area (TPSA) is 81.5 Å². The van der Waals surface area contributed by atoms with Gasteiger partial charge in [-0.15, -0.1) is 0 Å². The summed E-state index contributed by atoms with van der Waals surface area (Å²) in [5, 5.41) is 0.489. The first-order valence-electron chi connectivity index (χ1n) is 13.3. The maximum absolute atomic E-state index is 13.9. The number of morpholine rings is 1. The van der Waals surface area contributed by atoms with E-state index < -0.39 is 6.04 Å². The second kappa shape index (κ2) is 10.8. The van der Waals surface area contributed by atoms with Gasteiger partial charge in [-0.1, -0.05) is 19.9 Å². The van der Waals surface area contributed by atoms with Crippen molar-refractivity contribution in [3.05, 3.63) is 68.6 Å². The summed E-state index contributed by atoms with van der Waals surface area (Å²) in [6, 6.07) is 8.75. The molecule has 3 heterocycles. The monoisotopic (exact) mass is 520 g/mol. The van der Waals surface area contributed by atoms with Crippen molar-refractivity contribution in [1.29, 1.82) is 0 Å². The van der Waals surface area contributed by atoms with Crippen molar-refractivity contribution in [3.8, 4) is 11.5 Å². The third kappa shape index (κ3) is 4.90. The molecular weight excluding hydrogens is 484 g/mol. The molecule has 8 heteroatoms. The van der Waals surface area contributed by atoms with E-state index in [1.165, 1.54) is 0 Å². The number of methoxy groups -OCH3 is 1. The van der Waals surface area contributed by atoms with E-state index in [1.807, 2.05) is 44.2 Å². The zero-order valence-corrected chi connectivity index (χ0v) is 22.8. The molecule has 5 rings (SSSR count). The van der Waals surface area contributed by atoms with E-state index in [4.69, 9.17) is 18.6 Å². The van der Waals surface area contributed by atoms with Crippen LogP contribution in [0.5, 0.6) is 11.5 Å². The van der Waals surface area contributed by atoms with Crippen molar-refractivity contribution in [2.24, 2.45) is 5.92 Å². The van der Waals surface area contributed by atoms with Gasteiger partial charge in [0.2, 0.25) is 5.76 Å². The number of benzene rings is 2. The number of fused-ring (bicyclic) bond motifs is 2. The first-order valence-corrected chi connectivity index (χ1v) is 13.3. The Bertz CT molecular complexity index is 1410. The molecule has 1 fully saturated rings. The highest BCUT2D eigenvalue weighted by Crippen LogP contribution is 2.41. The van der Waals surface area contributed by atoms with Crippen LogP contribution < -0.4 is 14.9 Å². The lowest BCUT2D eigenvalue weighted by Gasteiger charge is -2.31. The first kappa shape index (κ1) is 26.3. The van der Waals surface area contributed by atoms with Crippen molar-refractivity contribution in [2.75, 3.05) is 53.1 Å². The summed E-state index contributed by atoms with van der Waals surface area (Å²) in [6.07, 6.45) is 0. The molecule has 202 valence electrons. The molecule has 38 heavy (non-hydrogen) atoms. The molecule has 2 aromatic carbocycles. The van der Waals surface area contributed by atoms with Crippen LogP contribution in [0, 0.1) is 19.8 Å². The number of nitrogens with zero attached hydrogens (tertiary/aromatic N) is 2. The van der Waals surface area contributed by atoms with E-state index in [2.05, 4.69) is 18.7 Å². The van der Waals surface area contributed by atoms with E-state index in [0.29, 0.717) is 66.9 Å². The molecule has 1 aromatic heterocycles. The average molecular weight is 521 g/mol. The molecule has 1 saturated heterocycles. The largest absolute Gasteiger partial charge is 0.493 e. The van der Waals surface area contributed by atoms with Crippen molar-refractivity contribution in [2.45, 2.75) is 33.7 Å². The van der Waals surface area contributed by atoms with Gasteiger partial charge in [0.25, 0.3) is 5.91 Å². The maximum Gasteiger partial charge on any atom is 0.290 e. The van der Waals surface area contributed by atoms with Crippen LogP contribution in [-0.2, 0) is 4.74 Å². The lowest BCUT2D eigenvalue weighted by molar-refractivity contribution is 0.0314. The highest BCUT2D eigenvalue weighted by molar-refractivity contribution is 5.99. The van der Waals surface area contributed by atoms with Gasteiger partial charge in [0, 0.05) is 26.2 Å². The molecule has 0 bridgehead atoms. The van der Waals surface area contributed by atoms with Crippen LogP contribution in [0.2, 0.25) is 0 Å². The second-order valence-corrected chi connectivity index (χ2v) is 10.6. The Labute approximate surface area is 223 Å². The van der Waals surface area contributed by atoms with Gasteiger partial charge in [-0.2, -0.15) is 0 Å². The van der Waals surface area contributed by atoms with Crippen molar-refractivity contribution in [3.63, 3.8) is 0 Å². The molecule has 1 unspecified atom stereocenters. The van der Waals surface area contributed by atoms with Gasteiger partial charge in [0.15, 0.2) is 16.9 Å². The number of hydrogen-bond acceptors (Lipinski definition) is 7. The molecule has 0 spiro atoms. The summed E-state index contributed by atoms with van der Waals surface area (Å²) < 4.78 is 23.3. The molecule has 0 aliphatic carbocycles. The smallest absolute Gasteiger partial charge is 0.290 e. The molecule has 1 atom stereocenters. The predicted octanol–water partition coefficient (Wildman–Crippen LogP) is 4.33. The van der Waals surface area contributed by atoms with Gasteiger partial charge in [0.1, 0.15) is 5.58 Å². The van der Waals surface area contributed by atoms with E-state index in [-0.39, 0.29) is 17.1 Å². The average Bonchev–Trinajstić information content (AvgIpc) is 3.19. The molecule has 1 amide bonds. The lowest BCUT2D eigenvalue weighted by atomic mass is 9.97. The van der Waals surface area contributed by atoms with Crippen LogP contribution >= 0.6 is 0 Å². The molecular formula is C30H36N2O6. The van der Waals surface area contributed by atoms with Crippen LogP contribution in [0.25, 0.3) is 11.0 Å². The van der Waals surface area contributed by atoms with Crippen LogP contribution in [0.15, 0.2) is 39.5 Å². The minimum atomic E-state index is -0.589. The normalized spacial score (nSPS) is 17.9. The van der Waals surface area contributed by atoms with Crippen molar-refractivity contribution < 1.29 is 23.4 Å². The Hall–Kier alpha value is -3.36. The Morgan fingerprint density at radius 2 is 1.74 bits per heavy atom. The van der Waals surface area contributed by atoms with Crippen molar-refractivity contribution >= 4 is 16.9 Å². The number of rotatable bonds is 8. The number of aryl methyl sites for hydroxylation is 2. The molecule has 0 N–H and O–H groups in total. The summed E-state index contributed by atoms with van der Waals surface area (Å²) in [4.78, 5) is 31.8. The Morgan fingerprint density at radius 3 is 2.45 bits per heavy atom. The fourth-order valence-electron chi connectivity index (χ4n) is 5.16. The van der Waals surface area contributed by atoms with Gasteiger partial charge in [-0.3, -0.25) is 14.5 Å². The third-order valence-electron chi connectivity index (χ3n) is 7.42. The highest BCUT2D eigenvalue weighted by atomic mass is 16.5. The van der Waals surface area contributed by atoms with Crippen LogP contribution in [0.4, 0.5) is 0 Å². The zero-order chi connectivity index (χ0) is 27.0. The van der Waals surface area contributed by atoms with Gasteiger partial charge < -0.3 is 23.5 Å². The lowest BCUT2D eigenvalue weighted by Crippen LogP contribution is -2.42. The van der Waals surface area contributed by atoms with E-state index in [1.54, 1.807) is 12.0 Å². The van der Waals surface area contributed by atoms with Gasteiger partial charge in [-0.25, -0.2) is 0 Å². The van der Waals surface area contributed by atoms with Crippen LogP contribution in [0.1, 0.15) is 52.7 Å². The summed E-state index contributed by atoms with van der Waals surface area (Å²) >= 11 is 0. The first-order chi connectivity index (χ1) is 18.3. The second-order valence-electron chi connectivity index (χ2n) is 10.6. The van der Waals surface area contributed by atoms with Gasteiger partial charge in [-0.05, 0) is 60.7 Å². The third-order valence-corrected chi connectivity index (χ3v) is 7.42. The Balaban J connectivity index is 1.60. The molecule has 0 radical (unpaired) electrons. The minimum absolute atomic E-state index is 0.122. The van der Waals surface area contributed by atoms with E-state index in [9.17, 15) is 9.59 Å². The molecule has 2 aliphatic rings. The predicted molar refractivity (Wildman–Crippen MR) is 145 cm³/mol. The Morgan fingerprint density at radius 1 is 1.00 bits per heavy atom. The maximum atomic E-state index is 13.9. The van der Waals surface area contributed by atoms with E-state index in [0.717, 1.165) is 29.8 Å². The summed E-state index contributed by atoms with van der Waals surface area (Å²) in [6.45, 7) is 12.8. The zero-order valence-electron chi connectivity index (χ0n) is 22.8. The SMILES string of the molecule is COc1cc(C2c3c(oc4cc(C)c(C)cc4c3=O)C(=O)N2CCN2CCOCC2)ccc1OCC(C)C. The summed E-state index contributed by atoms with van der Waals surface area (Å²) in [5.41, 5.74) is 3.44. The number of carbonyl (C=O) groups excluding carboxylic acids is 1. The molecule has 3 aromatic rings. The minimum Gasteiger partial charge on any atom is -0.493 e. The molecule has 8 nitrogen and oxygen atoms in total. The summed E-state index contributed by atoms with van der Waals surface area (Å²) in [7, 11) is 1.60. The molecule has 2 aliphatic heterocycles. The highest BCUT2D eigenvalue weighted by Gasteiger charge is 2.43. The molecule has 0 saturated carbocycles. The number of amides is 1. The summed E-state index contributed by atoms with van der Waals surface area (Å²) in [5.74, 6) is 1.41. The number of ether oxygens (including phenoxy) is 3. The standard InChI is InChI=1S/C30H36N2O6/c1-18(2)17-37-23-7-6-21(16-25(23)35-5)27-26-28(33)22-14-19(3)20(4)15-24(22)38-29(26)30(34)32(27)9-8-31-10-12-36-13-11-31/h6-7,14-16,18,27H,8-13,17H2,1-5H3. The van der Waals surface area contributed by atoms with Crippen LogP contribution in [-0.4, -0.2) is 68.8 Å². The quantitative estimate of drug-likeness (QED) is 0.437. The fraction of sp³-hybridized carbons (Fsp3) is 0.467. The van der Waals surface area contributed by atoms with Gasteiger partial charge >= 0.3 is 0 Å². The number of carbonyl (C=O) groups is 1. The Kier molecular flexibility index (Phi) is 7.45.